The Morgan fingerprint density at radius 2 is 2.12 bits per heavy atom. The predicted molar refractivity (Wildman–Crippen MR) is 98.1 cm³/mol. The van der Waals surface area contributed by atoms with Crippen LogP contribution in [0.4, 0.5) is 0 Å². The summed E-state index contributed by atoms with van der Waals surface area (Å²) in [7, 11) is 0. The quantitative estimate of drug-likeness (QED) is 0.521. The molecule has 0 fully saturated rings. The highest BCUT2D eigenvalue weighted by molar-refractivity contribution is 7.99. The van der Waals surface area contributed by atoms with Crippen LogP contribution in [0.15, 0.2) is 46.5 Å². The van der Waals surface area contributed by atoms with Crippen molar-refractivity contribution in [1.82, 2.24) is 25.1 Å². The van der Waals surface area contributed by atoms with Gasteiger partial charge in [-0.2, -0.15) is 5.10 Å². The summed E-state index contributed by atoms with van der Waals surface area (Å²) in [4.78, 5) is 31.3. The molecular formula is C17H19N5O2S. The lowest BCUT2D eigenvalue weighted by Gasteiger charge is -2.10. The van der Waals surface area contributed by atoms with E-state index in [0.717, 1.165) is 12.1 Å². The van der Waals surface area contributed by atoms with Gasteiger partial charge < -0.3 is 10.3 Å². The van der Waals surface area contributed by atoms with Crippen LogP contribution in [0.25, 0.3) is 16.7 Å². The van der Waals surface area contributed by atoms with Gasteiger partial charge in [-0.05, 0) is 25.5 Å². The van der Waals surface area contributed by atoms with Crippen LogP contribution in [0, 0.1) is 0 Å². The molecular weight excluding hydrogens is 338 g/mol. The molecule has 0 unspecified atom stereocenters. The van der Waals surface area contributed by atoms with Crippen LogP contribution in [0.1, 0.15) is 20.3 Å². The van der Waals surface area contributed by atoms with Crippen LogP contribution >= 0.6 is 11.8 Å². The van der Waals surface area contributed by atoms with Crippen molar-refractivity contribution in [3.05, 3.63) is 46.9 Å². The lowest BCUT2D eigenvalue weighted by atomic mass is 10.3. The van der Waals surface area contributed by atoms with E-state index in [1.807, 2.05) is 44.2 Å². The lowest BCUT2D eigenvalue weighted by molar-refractivity contribution is -0.119. The van der Waals surface area contributed by atoms with E-state index in [0.29, 0.717) is 16.2 Å². The normalized spacial score (nSPS) is 12.2. The van der Waals surface area contributed by atoms with Crippen molar-refractivity contribution in [2.24, 2.45) is 0 Å². The largest absolute Gasteiger partial charge is 0.353 e. The zero-order valence-corrected chi connectivity index (χ0v) is 14.8. The molecule has 0 aliphatic rings. The molecule has 0 spiro atoms. The third-order valence-electron chi connectivity index (χ3n) is 3.78. The molecule has 7 nitrogen and oxygen atoms in total. The van der Waals surface area contributed by atoms with Crippen LogP contribution < -0.4 is 10.9 Å². The molecule has 0 bridgehead atoms. The molecule has 25 heavy (non-hydrogen) atoms. The van der Waals surface area contributed by atoms with Gasteiger partial charge in [-0.15, -0.1) is 0 Å². The van der Waals surface area contributed by atoms with Crippen molar-refractivity contribution < 1.29 is 4.79 Å². The van der Waals surface area contributed by atoms with Gasteiger partial charge in [0.05, 0.1) is 17.6 Å². The smallest absolute Gasteiger partial charge is 0.262 e. The van der Waals surface area contributed by atoms with Gasteiger partial charge in [0.1, 0.15) is 5.39 Å². The molecule has 0 aliphatic heterocycles. The second kappa shape index (κ2) is 7.52. The van der Waals surface area contributed by atoms with E-state index < -0.39 is 0 Å². The number of para-hydroxylation sites is 1. The number of nitrogens with one attached hydrogen (secondary N) is 2. The van der Waals surface area contributed by atoms with Crippen LogP contribution in [0.2, 0.25) is 0 Å². The predicted octanol–water partition coefficient (Wildman–Crippen LogP) is 2.12. The lowest BCUT2D eigenvalue weighted by Crippen LogP contribution is -2.33. The first-order valence-electron chi connectivity index (χ1n) is 8.04. The van der Waals surface area contributed by atoms with Gasteiger partial charge in [-0.25, -0.2) is 9.67 Å². The van der Waals surface area contributed by atoms with Crippen molar-refractivity contribution in [2.75, 3.05) is 5.75 Å². The number of aromatic amines is 1. The van der Waals surface area contributed by atoms with Gasteiger partial charge in [0, 0.05) is 6.04 Å². The second-order valence-electron chi connectivity index (χ2n) is 5.67. The van der Waals surface area contributed by atoms with Crippen molar-refractivity contribution in [3.63, 3.8) is 0 Å². The maximum absolute atomic E-state index is 12.3. The van der Waals surface area contributed by atoms with Crippen LogP contribution in [0.5, 0.6) is 0 Å². The molecule has 0 aliphatic carbocycles. The van der Waals surface area contributed by atoms with Gasteiger partial charge in [0.25, 0.3) is 5.56 Å². The summed E-state index contributed by atoms with van der Waals surface area (Å²) in [6, 6.07) is 9.60. The van der Waals surface area contributed by atoms with E-state index >= 15 is 0 Å². The highest BCUT2D eigenvalue weighted by atomic mass is 32.2. The molecule has 3 aromatic rings. The monoisotopic (exact) mass is 357 g/mol. The molecule has 130 valence electrons. The fourth-order valence-corrected chi connectivity index (χ4v) is 2.94. The zero-order valence-electron chi connectivity index (χ0n) is 14.0. The standard InChI is InChI=1S/C17H19N5O2S/c1-3-11(2)19-14(23)10-25-17-20-15-13(16(24)21-17)9-18-22(15)12-7-5-4-6-8-12/h4-9,11H,3,10H2,1-2H3,(H,19,23)(H,20,21,24)/t11-/m0/s1. The maximum Gasteiger partial charge on any atom is 0.262 e. The fraction of sp³-hybridized carbons (Fsp3) is 0.294. The molecule has 0 saturated carbocycles. The van der Waals surface area contributed by atoms with E-state index in [2.05, 4.69) is 20.4 Å². The third-order valence-corrected chi connectivity index (χ3v) is 4.65. The summed E-state index contributed by atoms with van der Waals surface area (Å²) in [5, 5.41) is 7.96. The average Bonchev–Trinajstić information content (AvgIpc) is 3.05. The number of H-pyrrole nitrogens is 1. The fourth-order valence-electron chi connectivity index (χ4n) is 2.28. The van der Waals surface area contributed by atoms with Gasteiger partial charge in [0.15, 0.2) is 10.8 Å². The van der Waals surface area contributed by atoms with Crippen LogP contribution in [-0.4, -0.2) is 37.5 Å². The van der Waals surface area contributed by atoms with Gasteiger partial charge in [-0.1, -0.05) is 36.9 Å². The Bertz CT molecular complexity index is 935. The number of benzene rings is 1. The molecule has 0 saturated heterocycles. The highest BCUT2D eigenvalue weighted by Gasteiger charge is 2.13. The number of thioether (sulfide) groups is 1. The first kappa shape index (κ1) is 17.2. The SMILES string of the molecule is CC[C@H](C)NC(=O)CSc1nc2c(cnn2-c2ccccc2)c(=O)[nH]1. The van der Waals surface area contributed by atoms with E-state index in [9.17, 15) is 9.59 Å². The van der Waals surface area contributed by atoms with Crippen LogP contribution in [-0.2, 0) is 4.79 Å². The number of nitrogens with zero attached hydrogens (tertiary/aromatic N) is 3. The third kappa shape index (κ3) is 3.90. The molecule has 8 heteroatoms. The van der Waals surface area contributed by atoms with Crippen molar-refractivity contribution in [1.29, 1.82) is 0 Å². The Kier molecular flexibility index (Phi) is 5.18. The van der Waals surface area contributed by atoms with Gasteiger partial charge in [-0.3, -0.25) is 9.59 Å². The highest BCUT2D eigenvalue weighted by Crippen LogP contribution is 2.17. The minimum Gasteiger partial charge on any atom is -0.353 e. The minimum absolute atomic E-state index is 0.0846. The molecule has 0 radical (unpaired) electrons. The molecule has 1 atom stereocenters. The van der Waals surface area contributed by atoms with Crippen LogP contribution in [0.3, 0.4) is 0 Å². The first-order valence-corrected chi connectivity index (χ1v) is 9.02. The Morgan fingerprint density at radius 3 is 2.84 bits per heavy atom. The zero-order chi connectivity index (χ0) is 17.8. The van der Waals surface area contributed by atoms with E-state index in [4.69, 9.17) is 0 Å². The summed E-state index contributed by atoms with van der Waals surface area (Å²) in [6.07, 6.45) is 2.37. The summed E-state index contributed by atoms with van der Waals surface area (Å²) >= 11 is 1.20. The average molecular weight is 357 g/mol. The molecule has 2 N–H and O–H groups in total. The Morgan fingerprint density at radius 1 is 1.36 bits per heavy atom. The van der Waals surface area contributed by atoms with Crippen molar-refractivity contribution in [2.45, 2.75) is 31.5 Å². The van der Waals surface area contributed by atoms with Crippen molar-refractivity contribution >= 4 is 28.7 Å². The summed E-state index contributed by atoms with van der Waals surface area (Å²) in [5.41, 5.74) is 1.03. The Labute approximate surface area is 148 Å². The number of carbonyl (C=O) groups excluding carboxylic acids is 1. The number of amides is 1. The number of aromatic nitrogens is 4. The topological polar surface area (TPSA) is 92.7 Å². The Balaban J connectivity index is 1.86. The summed E-state index contributed by atoms with van der Waals surface area (Å²) < 4.78 is 1.62. The molecule has 3 rings (SSSR count). The molecule has 1 aromatic carbocycles. The van der Waals surface area contributed by atoms with E-state index in [-0.39, 0.29) is 23.3 Å². The van der Waals surface area contributed by atoms with Crippen molar-refractivity contribution in [3.8, 4) is 5.69 Å². The Hall–Kier alpha value is -2.61. The number of carbonyl (C=O) groups is 1. The number of fused-ring (bicyclic) bond motifs is 1. The van der Waals surface area contributed by atoms with Gasteiger partial charge >= 0.3 is 0 Å². The molecule has 2 heterocycles. The van der Waals surface area contributed by atoms with E-state index in [1.165, 1.54) is 18.0 Å². The number of hydrogen-bond acceptors (Lipinski definition) is 5. The summed E-state index contributed by atoms with van der Waals surface area (Å²) in [5.74, 6) is 0.108. The first-order chi connectivity index (χ1) is 12.1. The van der Waals surface area contributed by atoms with Gasteiger partial charge in [0.2, 0.25) is 5.91 Å². The second-order valence-corrected chi connectivity index (χ2v) is 6.63. The minimum atomic E-state index is -0.267. The van der Waals surface area contributed by atoms with E-state index in [1.54, 1.807) is 4.68 Å². The summed E-state index contributed by atoms with van der Waals surface area (Å²) in [6.45, 7) is 3.96. The molecule has 2 aromatic heterocycles. The number of rotatable bonds is 6. The molecule has 1 amide bonds. The number of hydrogen-bond donors (Lipinski definition) is 2. The maximum atomic E-state index is 12.3.